The molecule has 1 fully saturated rings. The van der Waals surface area contributed by atoms with Gasteiger partial charge in [0.25, 0.3) is 17.7 Å². The van der Waals surface area contributed by atoms with Crippen molar-refractivity contribution in [1.29, 1.82) is 0 Å². The number of esters is 1. The van der Waals surface area contributed by atoms with Gasteiger partial charge in [0.2, 0.25) is 0 Å². The molecule has 1 heterocycles. The number of amides is 3. The molecule has 2 aromatic rings. The van der Waals surface area contributed by atoms with E-state index in [9.17, 15) is 19.2 Å². The molecule has 2 N–H and O–H groups in total. The summed E-state index contributed by atoms with van der Waals surface area (Å²) in [6, 6.07) is 12.8. The summed E-state index contributed by atoms with van der Waals surface area (Å²) in [6.45, 7) is 2.20. The van der Waals surface area contributed by atoms with Crippen LogP contribution in [0.4, 0.5) is 11.4 Å². The molecule has 3 amide bonds. The molecule has 1 aliphatic heterocycles. The Morgan fingerprint density at radius 3 is 2.42 bits per heavy atom. The van der Waals surface area contributed by atoms with Crippen molar-refractivity contribution in [1.82, 2.24) is 5.32 Å². The van der Waals surface area contributed by atoms with E-state index >= 15 is 0 Å². The maximum Gasteiger partial charge on any atom is 0.338 e. The topological polar surface area (TPSA) is 105 Å². The van der Waals surface area contributed by atoms with E-state index in [4.69, 9.17) is 16.3 Å². The van der Waals surface area contributed by atoms with Crippen LogP contribution in [0.2, 0.25) is 0 Å². The number of rotatable bonds is 8. The summed E-state index contributed by atoms with van der Waals surface area (Å²) >= 11 is 6.24. The molecule has 36 heavy (non-hydrogen) atoms. The van der Waals surface area contributed by atoms with E-state index in [0.717, 1.165) is 30.6 Å². The van der Waals surface area contributed by atoms with Crippen LogP contribution < -0.4 is 15.5 Å². The van der Waals surface area contributed by atoms with Crippen molar-refractivity contribution in [2.45, 2.75) is 51.5 Å². The van der Waals surface area contributed by atoms with Gasteiger partial charge in [0.15, 0.2) is 0 Å². The highest BCUT2D eigenvalue weighted by molar-refractivity contribution is 6.53. The Labute approximate surface area is 214 Å². The fraction of sp³-hybridized carbons (Fsp3) is 0.333. The van der Waals surface area contributed by atoms with Gasteiger partial charge in [0.1, 0.15) is 10.7 Å². The minimum atomic E-state index is -0.684. The fourth-order valence-electron chi connectivity index (χ4n) is 4.27. The molecule has 8 nitrogen and oxygen atoms in total. The summed E-state index contributed by atoms with van der Waals surface area (Å²) in [4.78, 5) is 51.6. The zero-order valence-electron chi connectivity index (χ0n) is 20.0. The molecule has 0 unspecified atom stereocenters. The number of nitrogens with one attached hydrogen (secondary N) is 2. The molecule has 0 saturated heterocycles. The van der Waals surface area contributed by atoms with E-state index < -0.39 is 17.8 Å². The first kappa shape index (κ1) is 25.4. The molecule has 1 aliphatic carbocycles. The van der Waals surface area contributed by atoms with Crippen LogP contribution in [0.1, 0.15) is 66.2 Å². The summed E-state index contributed by atoms with van der Waals surface area (Å²) < 4.78 is 5.10. The lowest BCUT2D eigenvalue weighted by atomic mass is 9.95. The quantitative estimate of drug-likeness (QED) is 0.393. The summed E-state index contributed by atoms with van der Waals surface area (Å²) in [6.07, 6.45) is 6.06. The Kier molecular flexibility index (Phi) is 8.05. The van der Waals surface area contributed by atoms with E-state index in [1.807, 2.05) is 6.92 Å². The SMILES string of the molecule is CCCOC(=O)c1ccc(N2C(=O)C(Cl)=C(Nc3cccc(C(=O)NC4CCCCC4)c3)C2=O)cc1. The second-order valence-corrected chi connectivity index (χ2v) is 9.21. The minimum absolute atomic E-state index is 0.0852. The molecule has 1 saturated carbocycles. The van der Waals surface area contributed by atoms with Crippen LogP contribution in [0.3, 0.4) is 0 Å². The van der Waals surface area contributed by atoms with Crippen molar-refractivity contribution in [2.75, 3.05) is 16.8 Å². The van der Waals surface area contributed by atoms with Crippen molar-refractivity contribution in [2.24, 2.45) is 0 Å². The zero-order valence-corrected chi connectivity index (χ0v) is 20.8. The van der Waals surface area contributed by atoms with Gasteiger partial charge in [-0.15, -0.1) is 0 Å². The number of hydrogen-bond donors (Lipinski definition) is 2. The average molecular weight is 510 g/mol. The Bertz CT molecular complexity index is 1200. The molecule has 0 radical (unpaired) electrons. The maximum absolute atomic E-state index is 13.1. The Morgan fingerprint density at radius 2 is 1.72 bits per heavy atom. The molecule has 188 valence electrons. The third-order valence-electron chi connectivity index (χ3n) is 6.16. The van der Waals surface area contributed by atoms with Crippen LogP contribution >= 0.6 is 11.6 Å². The molecule has 9 heteroatoms. The average Bonchev–Trinajstić information content (AvgIpc) is 3.11. The van der Waals surface area contributed by atoms with Crippen LogP contribution in [0.15, 0.2) is 59.3 Å². The van der Waals surface area contributed by atoms with Crippen molar-refractivity contribution in [3.05, 3.63) is 70.4 Å². The maximum atomic E-state index is 13.1. The predicted octanol–water partition coefficient (Wildman–Crippen LogP) is 4.75. The van der Waals surface area contributed by atoms with Gasteiger partial charge in [-0.3, -0.25) is 14.4 Å². The van der Waals surface area contributed by atoms with Gasteiger partial charge in [0, 0.05) is 17.3 Å². The summed E-state index contributed by atoms with van der Waals surface area (Å²) in [5.41, 5.74) is 1.40. The van der Waals surface area contributed by atoms with Gasteiger partial charge in [-0.05, 0) is 61.7 Å². The number of imide groups is 1. The molecule has 0 spiro atoms. The van der Waals surface area contributed by atoms with E-state index in [0.29, 0.717) is 29.8 Å². The first-order valence-corrected chi connectivity index (χ1v) is 12.5. The van der Waals surface area contributed by atoms with Gasteiger partial charge in [-0.1, -0.05) is 43.9 Å². The minimum Gasteiger partial charge on any atom is -0.462 e. The largest absolute Gasteiger partial charge is 0.462 e. The van der Waals surface area contributed by atoms with Crippen molar-refractivity contribution in [3.8, 4) is 0 Å². The molecule has 2 aromatic carbocycles. The first-order chi connectivity index (χ1) is 17.4. The number of carbonyl (C=O) groups is 4. The fourth-order valence-corrected chi connectivity index (χ4v) is 4.48. The summed E-state index contributed by atoms with van der Waals surface area (Å²) in [5, 5.41) is 5.71. The molecular formula is C27H28ClN3O5. The second kappa shape index (κ2) is 11.4. The number of hydrogen-bond acceptors (Lipinski definition) is 6. The summed E-state index contributed by atoms with van der Waals surface area (Å²) in [5.74, 6) is -1.98. The number of nitrogens with zero attached hydrogens (tertiary/aromatic N) is 1. The summed E-state index contributed by atoms with van der Waals surface area (Å²) in [7, 11) is 0. The molecule has 0 atom stereocenters. The molecule has 2 aliphatic rings. The van der Waals surface area contributed by atoms with Crippen LogP contribution in [-0.2, 0) is 14.3 Å². The van der Waals surface area contributed by atoms with E-state index in [-0.39, 0.29) is 28.4 Å². The zero-order chi connectivity index (χ0) is 25.7. The van der Waals surface area contributed by atoms with E-state index in [1.54, 1.807) is 24.3 Å². The van der Waals surface area contributed by atoms with Gasteiger partial charge < -0.3 is 15.4 Å². The van der Waals surface area contributed by atoms with Crippen LogP contribution in [0.25, 0.3) is 0 Å². The number of benzene rings is 2. The number of ether oxygens (including phenoxy) is 1. The number of halogens is 1. The van der Waals surface area contributed by atoms with Crippen molar-refractivity contribution < 1.29 is 23.9 Å². The standard InChI is InChI=1S/C27H28ClN3O5/c1-2-15-36-27(35)17-11-13-21(14-12-17)31-25(33)22(28)23(26(31)34)29-20-10-6-7-18(16-20)24(32)30-19-8-4-3-5-9-19/h6-7,10-14,16,19,29H,2-5,8-9,15H2,1H3,(H,30,32). The van der Waals surface area contributed by atoms with E-state index in [2.05, 4.69) is 10.6 Å². The van der Waals surface area contributed by atoms with Gasteiger partial charge >= 0.3 is 5.97 Å². The Hall–Kier alpha value is -3.65. The van der Waals surface area contributed by atoms with Gasteiger partial charge in [-0.2, -0.15) is 0 Å². The van der Waals surface area contributed by atoms with Crippen LogP contribution in [-0.4, -0.2) is 36.3 Å². The lowest BCUT2D eigenvalue weighted by molar-refractivity contribution is -0.120. The monoisotopic (exact) mass is 509 g/mol. The third-order valence-corrected chi connectivity index (χ3v) is 6.51. The van der Waals surface area contributed by atoms with E-state index in [1.165, 1.54) is 30.7 Å². The molecule has 4 rings (SSSR count). The van der Waals surface area contributed by atoms with Gasteiger partial charge in [0.05, 0.1) is 17.9 Å². The van der Waals surface area contributed by atoms with Gasteiger partial charge in [-0.25, -0.2) is 9.69 Å². The predicted molar refractivity (Wildman–Crippen MR) is 137 cm³/mol. The normalized spacial score (nSPS) is 16.3. The number of anilines is 2. The molecule has 0 bridgehead atoms. The smallest absolute Gasteiger partial charge is 0.338 e. The highest BCUT2D eigenvalue weighted by Crippen LogP contribution is 2.30. The second-order valence-electron chi connectivity index (χ2n) is 8.83. The highest BCUT2D eigenvalue weighted by Gasteiger charge is 2.39. The molecule has 0 aromatic heterocycles. The van der Waals surface area contributed by atoms with Crippen LogP contribution in [0, 0.1) is 0 Å². The highest BCUT2D eigenvalue weighted by atomic mass is 35.5. The Balaban J connectivity index is 1.46. The van der Waals surface area contributed by atoms with Crippen molar-refractivity contribution >= 4 is 46.7 Å². The lowest BCUT2D eigenvalue weighted by Crippen LogP contribution is -2.36. The Morgan fingerprint density at radius 1 is 1.00 bits per heavy atom. The molecular weight excluding hydrogens is 482 g/mol. The first-order valence-electron chi connectivity index (χ1n) is 12.1. The lowest BCUT2D eigenvalue weighted by Gasteiger charge is -2.22. The van der Waals surface area contributed by atoms with Crippen molar-refractivity contribution in [3.63, 3.8) is 0 Å². The van der Waals surface area contributed by atoms with Crippen LogP contribution in [0.5, 0.6) is 0 Å². The third kappa shape index (κ3) is 5.60. The number of carbonyl (C=O) groups excluding carboxylic acids is 4.